The minimum atomic E-state index is 0.518. The third-order valence-corrected chi connectivity index (χ3v) is 3.16. The molecule has 0 unspecified atom stereocenters. The molecule has 0 radical (unpaired) electrons. The number of hydrazone groups is 1. The van der Waals surface area contributed by atoms with Gasteiger partial charge in [-0.3, -0.25) is 5.43 Å². The zero-order valence-corrected chi connectivity index (χ0v) is 13.0. The molecule has 0 aliphatic rings. The van der Waals surface area contributed by atoms with E-state index >= 15 is 0 Å². The van der Waals surface area contributed by atoms with Gasteiger partial charge in [-0.25, -0.2) is 0 Å². The number of hydrogen-bond acceptors (Lipinski definition) is 3. The molecule has 0 aromatic heterocycles. The third-order valence-electron chi connectivity index (χ3n) is 2.92. The first kappa shape index (κ1) is 15.3. The first-order chi connectivity index (χ1) is 10.3. The second kappa shape index (κ2) is 7.59. The molecule has 110 valence electrons. The van der Waals surface area contributed by atoms with Gasteiger partial charge in [0.2, 0.25) is 0 Å². The largest absolute Gasteiger partial charge is 0.493 e. The number of ether oxygens (including phenoxy) is 1. The summed E-state index contributed by atoms with van der Waals surface area (Å²) in [5.41, 5.74) is 3.81. The molecular weight excluding hydrogens is 282 g/mol. The maximum absolute atomic E-state index is 5.66. The van der Waals surface area contributed by atoms with Crippen LogP contribution in [0.5, 0.6) is 5.75 Å². The highest BCUT2D eigenvalue weighted by Crippen LogP contribution is 2.27. The Bertz CT molecular complexity index is 655. The van der Waals surface area contributed by atoms with Crippen molar-refractivity contribution < 1.29 is 4.74 Å². The Morgan fingerprint density at radius 1 is 1.19 bits per heavy atom. The highest BCUT2D eigenvalue weighted by molar-refractivity contribution is 7.80. The van der Waals surface area contributed by atoms with Gasteiger partial charge in [0.05, 0.1) is 12.8 Å². The third kappa shape index (κ3) is 3.92. The first-order valence-corrected chi connectivity index (χ1v) is 7.38. The van der Waals surface area contributed by atoms with Gasteiger partial charge in [0.1, 0.15) is 5.75 Å². The number of nitrogens with one attached hydrogen (secondary N) is 2. The molecule has 0 aliphatic heterocycles. The minimum absolute atomic E-state index is 0.518. The summed E-state index contributed by atoms with van der Waals surface area (Å²) in [5.74, 6) is 0.890. The predicted octanol–water partition coefficient (Wildman–Crippen LogP) is 3.06. The van der Waals surface area contributed by atoms with Crippen LogP contribution in [0.4, 0.5) is 0 Å². The van der Waals surface area contributed by atoms with E-state index in [4.69, 9.17) is 17.0 Å². The van der Waals surface area contributed by atoms with Crippen LogP contribution in [0.15, 0.2) is 41.5 Å². The van der Waals surface area contributed by atoms with Crippen LogP contribution in [0, 0.1) is 0 Å². The molecular formula is C16H19N3OS. The Hall–Kier alpha value is -2.14. The smallest absolute Gasteiger partial charge is 0.186 e. The summed E-state index contributed by atoms with van der Waals surface area (Å²) in [6.45, 7) is 5.39. The van der Waals surface area contributed by atoms with Crippen LogP contribution in [-0.2, 0) is 0 Å². The van der Waals surface area contributed by atoms with Crippen LogP contribution in [0.3, 0.4) is 0 Å². The fourth-order valence-corrected chi connectivity index (χ4v) is 2.25. The number of fused-ring (bicyclic) bond motifs is 1. The van der Waals surface area contributed by atoms with E-state index in [-0.39, 0.29) is 0 Å². The summed E-state index contributed by atoms with van der Waals surface area (Å²) in [4.78, 5) is 0. The van der Waals surface area contributed by atoms with E-state index in [1.165, 1.54) is 0 Å². The molecule has 4 nitrogen and oxygen atoms in total. The summed E-state index contributed by atoms with van der Waals surface area (Å²) < 4.78 is 5.66. The standard InChI is InChI=1S/C16H19N3OS/c1-3-17-16(21)19-18-11-12-9-10-15(20-4-2)14-8-6-5-7-13(12)14/h5-11H,3-4H2,1-2H3,(H2,17,19,21)/b18-11-. The molecule has 0 spiro atoms. The average Bonchev–Trinajstić information content (AvgIpc) is 2.50. The molecule has 2 N–H and O–H groups in total. The SMILES string of the molecule is CCNC(=S)N/N=C\c1ccc(OCC)c2ccccc12. The van der Waals surface area contributed by atoms with Crippen LogP contribution >= 0.6 is 12.2 Å². The van der Waals surface area contributed by atoms with E-state index in [1.54, 1.807) is 6.21 Å². The lowest BCUT2D eigenvalue weighted by molar-refractivity contribution is 0.344. The molecule has 2 aromatic carbocycles. The predicted molar refractivity (Wildman–Crippen MR) is 92.1 cm³/mol. The molecule has 2 rings (SSSR count). The fourth-order valence-electron chi connectivity index (χ4n) is 2.05. The number of benzene rings is 2. The van der Waals surface area contributed by atoms with Gasteiger partial charge in [0.25, 0.3) is 0 Å². The molecule has 0 atom stereocenters. The summed E-state index contributed by atoms with van der Waals surface area (Å²) in [6.07, 6.45) is 1.77. The van der Waals surface area contributed by atoms with Crippen molar-refractivity contribution >= 4 is 34.3 Å². The van der Waals surface area contributed by atoms with Crippen LogP contribution < -0.4 is 15.5 Å². The van der Waals surface area contributed by atoms with Crippen molar-refractivity contribution in [3.63, 3.8) is 0 Å². The topological polar surface area (TPSA) is 45.7 Å². The molecule has 21 heavy (non-hydrogen) atoms. The Balaban J connectivity index is 2.26. The Labute approximate surface area is 130 Å². The van der Waals surface area contributed by atoms with Gasteiger partial charge >= 0.3 is 0 Å². The maximum atomic E-state index is 5.66. The summed E-state index contributed by atoms with van der Waals surface area (Å²) in [5, 5.41) is 9.85. The van der Waals surface area contributed by atoms with Crippen LogP contribution in [0.25, 0.3) is 10.8 Å². The minimum Gasteiger partial charge on any atom is -0.493 e. The Kier molecular flexibility index (Phi) is 5.51. The van der Waals surface area contributed by atoms with E-state index < -0.39 is 0 Å². The van der Waals surface area contributed by atoms with E-state index in [2.05, 4.69) is 21.9 Å². The van der Waals surface area contributed by atoms with Crippen molar-refractivity contribution in [1.29, 1.82) is 0 Å². The average molecular weight is 301 g/mol. The van der Waals surface area contributed by atoms with Gasteiger partial charge in [0, 0.05) is 17.5 Å². The van der Waals surface area contributed by atoms with Gasteiger partial charge in [-0.1, -0.05) is 24.3 Å². The molecule has 0 saturated heterocycles. The summed E-state index contributed by atoms with van der Waals surface area (Å²) in [6, 6.07) is 12.1. The molecule has 0 saturated carbocycles. The maximum Gasteiger partial charge on any atom is 0.186 e. The summed E-state index contributed by atoms with van der Waals surface area (Å²) in [7, 11) is 0. The van der Waals surface area contributed by atoms with Gasteiger partial charge in [-0.05, 0) is 43.6 Å². The van der Waals surface area contributed by atoms with Crippen molar-refractivity contribution in [3.8, 4) is 5.75 Å². The highest BCUT2D eigenvalue weighted by atomic mass is 32.1. The van der Waals surface area contributed by atoms with Gasteiger partial charge in [-0.15, -0.1) is 0 Å². The summed E-state index contributed by atoms with van der Waals surface area (Å²) >= 11 is 5.06. The van der Waals surface area contributed by atoms with E-state index in [9.17, 15) is 0 Å². The van der Waals surface area contributed by atoms with Crippen molar-refractivity contribution in [2.75, 3.05) is 13.2 Å². The van der Waals surface area contributed by atoms with Crippen molar-refractivity contribution in [1.82, 2.24) is 10.7 Å². The molecule has 0 fully saturated rings. The second-order valence-electron chi connectivity index (χ2n) is 4.36. The van der Waals surface area contributed by atoms with Gasteiger partial charge in [-0.2, -0.15) is 5.10 Å². The highest BCUT2D eigenvalue weighted by Gasteiger charge is 2.04. The molecule has 0 heterocycles. The number of rotatable bonds is 5. The number of nitrogens with zero attached hydrogens (tertiary/aromatic N) is 1. The monoisotopic (exact) mass is 301 g/mol. The van der Waals surface area contributed by atoms with Gasteiger partial charge < -0.3 is 10.1 Å². The van der Waals surface area contributed by atoms with E-state index in [0.717, 1.165) is 28.6 Å². The molecule has 2 aromatic rings. The zero-order valence-electron chi connectivity index (χ0n) is 12.2. The Morgan fingerprint density at radius 3 is 2.67 bits per heavy atom. The lowest BCUT2D eigenvalue weighted by atomic mass is 10.0. The van der Waals surface area contributed by atoms with E-state index in [1.807, 2.05) is 44.2 Å². The Morgan fingerprint density at radius 2 is 1.95 bits per heavy atom. The van der Waals surface area contributed by atoms with Crippen molar-refractivity contribution in [2.24, 2.45) is 5.10 Å². The molecule has 0 aliphatic carbocycles. The van der Waals surface area contributed by atoms with Crippen LogP contribution in [-0.4, -0.2) is 24.5 Å². The van der Waals surface area contributed by atoms with Crippen LogP contribution in [0.1, 0.15) is 19.4 Å². The van der Waals surface area contributed by atoms with E-state index in [0.29, 0.717) is 11.7 Å². The molecule has 0 bridgehead atoms. The normalized spacial score (nSPS) is 10.8. The van der Waals surface area contributed by atoms with Gasteiger partial charge in [0.15, 0.2) is 5.11 Å². The molecule has 0 amide bonds. The van der Waals surface area contributed by atoms with Crippen LogP contribution in [0.2, 0.25) is 0 Å². The lowest BCUT2D eigenvalue weighted by Gasteiger charge is -2.09. The second-order valence-corrected chi connectivity index (χ2v) is 4.77. The molecule has 5 heteroatoms. The lowest BCUT2D eigenvalue weighted by Crippen LogP contribution is -2.31. The fraction of sp³-hybridized carbons (Fsp3) is 0.250. The number of hydrogen-bond donors (Lipinski definition) is 2. The quantitative estimate of drug-likeness (QED) is 0.506. The van der Waals surface area contributed by atoms with Crippen molar-refractivity contribution in [2.45, 2.75) is 13.8 Å². The first-order valence-electron chi connectivity index (χ1n) is 6.97. The number of thiocarbonyl (C=S) groups is 1. The zero-order chi connectivity index (χ0) is 15.1. The van der Waals surface area contributed by atoms with Crippen molar-refractivity contribution in [3.05, 3.63) is 42.0 Å².